The molecule has 2 aliphatic rings. The van der Waals surface area contributed by atoms with Crippen molar-refractivity contribution in [2.75, 3.05) is 25.1 Å². The highest BCUT2D eigenvalue weighted by Gasteiger charge is 2.51. The number of rotatable bonds is 6. The Labute approximate surface area is 194 Å². The van der Waals surface area contributed by atoms with Crippen LogP contribution in [-0.4, -0.2) is 56.3 Å². The Hall–Kier alpha value is -2.91. The van der Waals surface area contributed by atoms with E-state index in [-0.39, 0.29) is 29.9 Å². The number of ether oxygens (including phenoxy) is 1. The third-order valence-electron chi connectivity index (χ3n) is 6.41. The number of nitrogens with one attached hydrogen (secondary N) is 1. The van der Waals surface area contributed by atoms with E-state index in [1.54, 1.807) is 49.4 Å². The van der Waals surface area contributed by atoms with Gasteiger partial charge in [-0.2, -0.15) is 4.31 Å². The lowest BCUT2D eigenvalue weighted by molar-refractivity contribution is -0.133. The molecule has 2 aromatic rings. The number of piperazine rings is 1. The van der Waals surface area contributed by atoms with Gasteiger partial charge in [-0.1, -0.05) is 37.1 Å². The van der Waals surface area contributed by atoms with Crippen LogP contribution in [0.5, 0.6) is 5.75 Å². The van der Waals surface area contributed by atoms with Crippen molar-refractivity contribution in [1.82, 2.24) is 9.62 Å². The third-order valence-corrected chi connectivity index (χ3v) is 8.22. The van der Waals surface area contributed by atoms with Crippen LogP contribution in [0.15, 0.2) is 59.5 Å². The van der Waals surface area contributed by atoms with E-state index in [0.717, 1.165) is 30.0 Å². The molecule has 2 amide bonds. The lowest BCUT2D eigenvalue weighted by atomic mass is 9.94. The second-order valence-electron chi connectivity index (χ2n) is 8.75. The Bertz CT molecular complexity index is 1130. The van der Waals surface area contributed by atoms with Gasteiger partial charge in [0.15, 0.2) is 0 Å². The molecule has 1 aliphatic carbocycles. The minimum Gasteiger partial charge on any atom is -0.497 e. The van der Waals surface area contributed by atoms with E-state index >= 15 is 0 Å². The molecule has 33 heavy (non-hydrogen) atoms. The largest absolute Gasteiger partial charge is 0.497 e. The van der Waals surface area contributed by atoms with E-state index < -0.39 is 21.5 Å². The molecule has 1 atom stereocenters. The summed E-state index contributed by atoms with van der Waals surface area (Å²) < 4.78 is 33.1. The molecule has 1 saturated heterocycles. The Morgan fingerprint density at radius 3 is 2.45 bits per heavy atom. The van der Waals surface area contributed by atoms with Crippen LogP contribution < -0.4 is 15.0 Å². The molecule has 1 N–H and O–H groups in total. The zero-order valence-electron chi connectivity index (χ0n) is 18.9. The number of nitrogens with zero attached hydrogens (tertiary/aromatic N) is 2. The van der Waals surface area contributed by atoms with E-state index in [2.05, 4.69) is 5.32 Å². The van der Waals surface area contributed by atoms with Gasteiger partial charge in [-0.15, -0.1) is 0 Å². The van der Waals surface area contributed by atoms with Crippen molar-refractivity contribution in [1.29, 1.82) is 0 Å². The van der Waals surface area contributed by atoms with E-state index in [1.807, 2.05) is 0 Å². The minimum absolute atomic E-state index is 0.0256. The predicted octanol–water partition coefficient (Wildman–Crippen LogP) is 2.55. The van der Waals surface area contributed by atoms with Crippen LogP contribution >= 0.6 is 0 Å². The topological polar surface area (TPSA) is 96.0 Å². The molecule has 1 heterocycles. The van der Waals surface area contributed by atoms with Gasteiger partial charge in [0, 0.05) is 24.3 Å². The lowest BCUT2D eigenvalue weighted by Gasteiger charge is -2.47. The Morgan fingerprint density at radius 2 is 1.79 bits per heavy atom. The van der Waals surface area contributed by atoms with Gasteiger partial charge in [0.2, 0.25) is 21.8 Å². The van der Waals surface area contributed by atoms with Gasteiger partial charge in [-0.05, 0) is 44.0 Å². The number of sulfonamides is 1. The highest BCUT2D eigenvalue weighted by molar-refractivity contribution is 7.89. The number of anilines is 1. The Morgan fingerprint density at radius 1 is 1.09 bits per heavy atom. The number of benzene rings is 2. The second-order valence-corrected chi connectivity index (χ2v) is 10.7. The molecule has 4 rings (SSSR count). The zero-order chi connectivity index (χ0) is 23.6. The van der Waals surface area contributed by atoms with Crippen LogP contribution in [0.25, 0.3) is 0 Å². The first kappa shape index (κ1) is 23.3. The van der Waals surface area contributed by atoms with Gasteiger partial charge in [-0.3, -0.25) is 14.5 Å². The molecule has 0 bridgehead atoms. The SMILES string of the molecule is COc1cccc(N2C(=O)CN(S(=O)(=O)c3ccccc3)CC2(C)C(=O)NC2CCCC2)c1. The summed E-state index contributed by atoms with van der Waals surface area (Å²) in [6.45, 7) is 1.10. The average Bonchev–Trinajstić information content (AvgIpc) is 3.32. The van der Waals surface area contributed by atoms with Crippen LogP contribution in [0.1, 0.15) is 32.6 Å². The van der Waals surface area contributed by atoms with Gasteiger partial charge in [-0.25, -0.2) is 8.42 Å². The molecule has 2 aromatic carbocycles. The van der Waals surface area contributed by atoms with E-state index in [0.29, 0.717) is 11.4 Å². The number of hydrogen-bond donors (Lipinski definition) is 1. The zero-order valence-corrected chi connectivity index (χ0v) is 19.7. The standard InChI is InChI=1S/C24H29N3O5S/c1-24(23(29)25-18-9-6-7-10-18)17-26(33(30,31)21-13-4-3-5-14-21)16-22(28)27(24)19-11-8-12-20(15-19)32-2/h3-5,8,11-15,18H,6-7,9-10,16-17H2,1-2H3,(H,25,29). The number of carbonyl (C=O) groups excluding carboxylic acids is 2. The summed E-state index contributed by atoms with van der Waals surface area (Å²) in [5.41, 5.74) is -0.952. The first-order valence-corrected chi connectivity index (χ1v) is 12.5. The molecular weight excluding hydrogens is 442 g/mol. The van der Waals surface area contributed by atoms with E-state index in [4.69, 9.17) is 4.74 Å². The van der Waals surface area contributed by atoms with Crippen LogP contribution in [-0.2, 0) is 19.6 Å². The van der Waals surface area contributed by atoms with Crippen molar-refractivity contribution >= 4 is 27.5 Å². The molecule has 0 spiro atoms. The van der Waals surface area contributed by atoms with Crippen LogP contribution in [0.4, 0.5) is 5.69 Å². The fourth-order valence-electron chi connectivity index (χ4n) is 4.64. The molecule has 176 valence electrons. The summed E-state index contributed by atoms with van der Waals surface area (Å²) >= 11 is 0. The molecule has 1 aliphatic heterocycles. The average molecular weight is 472 g/mol. The summed E-state index contributed by atoms with van der Waals surface area (Å²) in [5.74, 6) is -0.296. The van der Waals surface area contributed by atoms with Crippen molar-refractivity contribution in [2.45, 2.75) is 49.1 Å². The summed E-state index contributed by atoms with van der Waals surface area (Å²) in [6, 6.07) is 14.9. The monoisotopic (exact) mass is 471 g/mol. The van der Waals surface area contributed by atoms with E-state index in [1.165, 1.54) is 24.1 Å². The van der Waals surface area contributed by atoms with Gasteiger partial charge >= 0.3 is 0 Å². The molecule has 1 saturated carbocycles. The van der Waals surface area contributed by atoms with Gasteiger partial charge in [0.25, 0.3) is 0 Å². The summed E-state index contributed by atoms with van der Waals surface area (Å²) in [6.07, 6.45) is 3.82. The van der Waals surface area contributed by atoms with Crippen LogP contribution in [0.2, 0.25) is 0 Å². The smallest absolute Gasteiger partial charge is 0.247 e. The fraction of sp³-hybridized carbons (Fsp3) is 0.417. The highest BCUT2D eigenvalue weighted by atomic mass is 32.2. The summed E-state index contributed by atoms with van der Waals surface area (Å²) in [5, 5.41) is 3.06. The number of hydrogen-bond acceptors (Lipinski definition) is 5. The highest BCUT2D eigenvalue weighted by Crippen LogP contribution is 2.34. The molecule has 2 fully saturated rings. The van der Waals surface area contributed by atoms with Gasteiger partial charge < -0.3 is 10.1 Å². The van der Waals surface area contributed by atoms with Crippen LogP contribution in [0, 0.1) is 0 Å². The molecule has 1 unspecified atom stereocenters. The quantitative estimate of drug-likeness (QED) is 0.699. The maximum Gasteiger partial charge on any atom is 0.247 e. The fourth-order valence-corrected chi connectivity index (χ4v) is 6.14. The second kappa shape index (κ2) is 9.15. The summed E-state index contributed by atoms with van der Waals surface area (Å²) in [4.78, 5) is 28.6. The number of methoxy groups -OCH3 is 1. The van der Waals surface area contributed by atoms with Crippen molar-refractivity contribution < 1.29 is 22.7 Å². The van der Waals surface area contributed by atoms with Crippen LogP contribution in [0.3, 0.4) is 0 Å². The van der Waals surface area contributed by atoms with Crippen molar-refractivity contribution in [3.8, 4) is 5.75 Å². The molecule has 9 heteroatoms. The third kappa shape index (κ3) is 4.47. The Balaban J connectivity index is 1.74. The van der Waals surface area contributed by atoms with Crippen molar-refractivity contribution in [3.05, 3.63) is 54.6 Å². The first-order chi connectivity index (χ1) is 15.8. The Kier molecular flexibility index (Phi) is 6.45. The van der Waals surface area contributed by atoms with Crippen molar-refractivity contribution in [3.63, 3.8) is 0 Å². The predicted molar refractivity (Wildman–Crippen MR) is 124 cm³/mol. The minimum atomic E-state index is -3.96. The maximum absolute atomic E-state index is 13.6. The van der Waals surface area contributed by atoms with Crippen molar-refractivity contribution in [2.24, 2.45) is 0 Å². The van der Waals surface area contributed by atoms with Gasteiger partial charge in [0.05, 0.1) is 18.6 Å². The summed E-state index contributed by atoms with van der Waals surface area (Å²) in [7, 11) is -2.44. The van der Waals surface area contributed by atoms with E-state index in [9.17, 15) is 18.0 Å². The molecular formula is C24H29N3O5S. The lowest BCUT2D eigenvalue weighted by Crippen LogP contribution is -2.70. The first-order valence-electron chi connectivity index (χ1n) is 11.1. The van der Waals surface area contributed by atoms with Gasteiger partial charge in [0.1, 0.15) is 11.3 Å². The number of carbonyl (C=O) groups is 2. The number of amides is 2. The molecule has 0 aromatic heterocycles. The molecule has 8 nitrogen and oxygen atoms in total. The molecule has 0 radical (unpaired) electrons. The normalized spacial score (nSPS) is 22.4. The maximum atomic E-state index is 13.6.